The van der Waals surface area contributed by atoms with E-state index in [1.54, 1.807) is 0 Å². The lowest BCUT2D eigenvalue weighted by Crippen LogP contribution is -2.04. The van der Waals surface area contributed by atoms with E-state index >= 15 is 0 Å². The number of hydrogen-bond acceptors (Lipinski definition) is 2. The van der Waals surface area contributed by atoms with Crippen LogP contribution >= 0.6 is 0 Å². The number of rotatable bonds is 1. The van der Waals surface area contributed by atoms with E-state index in [-0.39, 0.29) is 11.7 Å². The maximum absolute atomic E-state index is 10.5. The molecular weight excluding hydrogens is 178 g/mol. The van der Waals surface area contributed by atoms with E-state index in [4.69, 9.17) is 0 Å². The number of benzene rings is 1. The second kappa shape index (κ2) is 6.83. The van der Waals surface area contributed by atoms with Crippen molar-refractivity contribution in [1.29, 1.82) is 0 Å². The van der Waals surface area contributed by atoms with E-state index in [0.717, 1.165) is 5.69 Å². The highest BCUT2D eigenvalue weighted by Gasteiger charge is 1.90. The summed E-state index contributed by atoms with van der Waals surface area (Å²) in [4.78, 5) is 19.9. The summed E-state index contributed by atoms with van der Waals surface area (Å²) in [7, 11) is 0. The Labute approximate surface area is 84.1 Å². The zero-order chi connectivity index (χ0) is 11.0. The highest BCUT2D eigenvalue weighted by Crippen LogP contribution is 2.03. The lowest BCUT2D eigenvalue weighted by atomic mass is 10.3. The molecule has 0 heterocycles. The number of anilines is 1. The first-order valence-electron chi connectivity index (χ1n) is 4.32. The van der Waals surface area contributed by atoms with Gasteiger partial charge in [0.25, 0.3) is 0 Å². The molecule has 1 N–H and O–H groups in total. The smallest absolute Gasteiger partial charge is 0.221 e. The third-order valence-corrected chi connectivity index (χ3v) is 1.09. The average molecular weight is 193 g/mol. The molecule has 1 rings (SSSR count). The first kappa shape index (κ1) is 12.4. The van der Waals surface area contributed by atoms with Crippen LogP contribution in [0.2, 0.25) is 0 Å². The number of para-hydroxylation sites is 1. The molecule has 3 heteroatoms. The largest absolute Gasteiger partial charge is 0.326 e. The Kier molecular flexibility index (Phi) is 6.03. The molecule has 0 aliphatic carbocycles. The third kappa shape index (κ3) is 8.46. The molecule has 76 valence electrons. The van der Waals surface area contributed by atoms with Gasteiger partial charge < -0.3 is 10.1 Å². The van der Waals surface area contributed by atoms with E-state index < -0.39 is 0 Å². The van der Waals surface area contributed by atoms with Crippen LogP contribution in [0.3, 0.4) is 0 Å². The van der Waals surface area contributed by atoms with E-state index in [9.17, 15) is 9.59 Å². The van der Waals surface area contributed by atoms with Crippen LogP contribution in [0, 0.1) is 0 Å². The van der Waals surface area contributed by atoms with Crippen LogP contribution in [0.4, 0.5) is 5.69 Å². The molecule has 0 saturated heterocycles. The fraction of sp³-hybridized carbons (Fsp3) is 0.273. The maximum atomic E-state index is 10.5. The highest BCUT2D eigenvalue weighted by molar-refractivity contribution is 5.88. The SMILES string of the molecule is CC(=O)Nc1ccccc1.CC(C)=O. The molecule has 1 aromatic rings. The van der Waals surface area contributed by atoms with Gasteiger partial charge in [-0.15, -0.1) is 0 Å². The molecular formula is C11H15NO2. The Balaban J connectivity index is 0.000000364. The summed E-state index contributed by atoms with van der Waals surface area (Å²) in [5, 5.41) is 2.67. The summed E-state index contributed by atoms with van der Waals surface area (Å²) in [5.74, 6) is 0.131. The molecule has 14 heavy (non-hydrogen) atoms. The molecule has 0 spiro atoms. The summed E-state index contributed by atoms with van der Waals surface area (Å²) in [6.45, 7) is 4.55. The number of carbonyl (C=O) groups is 2. The predicted molar refractivity (Wildman–Crippen MR) is 57.1 cm³/mol. The van der Waals surface area contributed by atoms with Crippen molar-refractivity contribution in [3.63, 3.8) is 0 Å². The van der Waals surface area contributed by atoms with Gasteiger partial charge in [0.05, 0.1) is 0 Å². The average Bonchev–Trinajstić information content (AvgIpc) is 2.03. The van der Waals surface area contributed by atoms with Crippen molar-refractivity contribution in [2.24, 2.45) is 0 Å². The molecule has 0 unspecified atom stereocenters. The molecule has 1 aromatic carbocycles. The molecule has 0 radical (unpaired) electrons. The van der Waals surface area contributed by atoms with Gasteiger partial charge in [0.1, 0.15) is 5.78 Å². The van der Waals surface area contributed by atoms with Gasteiger partial charge in [0, 0.05) is 12.6 Å². The topological polar surface area (TPSA) is 46.2 Å². The Bertz CT molecular complexity index is 289. The lowest BCUT2D eigenvalue weighted by Gasteiger charge is -1.98. The van der Waals surface area contributed by atoms with Crippen LogP contribution < -0.4 is 5.32 Å². The zero-order valence-electron chi connectivity index (χ0n) is 8.70. The van der Waals surface area contributed by atoms with Crippen LogP contribution in [-0.4, -0.2) is 11.7 Å². The van der Waals surface area contributed by atoms with Crippen molar-refractivity contribution < 1.29 is 9.59 Å². The van der Waals surface area contributed by atoms with Gasteiger partial charge in [0.2, 0.25) is 5.91 Å². The van der Waals surface area contributed by atoms with E-state index in [2.05, 4.69) is 5.32 Å². The first-order valence-corrected chi connectivity index (χ1v) is 4.32. The van der Waals surface area contributed by atoms with Gasteiger partial charge in [-0.05, 0) is 26.0 Å². The van der Waals surface area contributed by atoms with Crippen molar-refractivity contribution in [2.45, 2.75) is 20.8 Å². The van der Waals surface area contributed by atoms with Crippen LogP contribution in [0.5, 0.6) is 0 Å². The van der Waals surface area contributed by atoms with Crippen molar-refractivity contribution >= 4 is 17.4 Å². The number of Topliss-reactive ketones (excluding diaryl/α,β-unsaturated/α-hetero) is 1. The molecule has 0 aliphatic heterocycles. The van der Waals surface area contributed by atoms with E-state index in [1.807, 2.05) is 30.3 Å². The van der Waals surface area contributed by atoms with Crippen LogP contribution in [0.25, 0.3) is 0 Å². The van der Waals surface area contributed by atoms with Gasteiger partial charge in [-0.3, -0.25) is 4.79 Å². The molecule has 0 atom stereocenters. The number of nitrogens with one attached hydrogen (secondary N) is 1. The number of hydrogen-bond donors (Lipinski definition) is 1. The predicted octanol–water partition coefficient (Wildman–Crippen LogP) is 2.24. The number of carbonyl (C=O) groups excluding carboxylic acids is 2. The van der Waals surface area contributed by atoms with Crippen LogP contribution in [-0.2, 0) is 9.59 Å². The van der Waals surface area contributed by atoms with E-state index in [1.165, 1.54) is 20.8 Å². The summed E-state index contributed by atoms with van der Waals surface area (Å²) < 4.78 is 0. The van der Waals surface area contributed by atoms with Crippen molar-refractivity contribution in [1.82, 2.24) is 0 Å². The monoisotopic (exact) mass is 193 g/mol. The quantitative estimate of drug-likeness (QED) is 0.743. The molecule has 0 saturated carbocycles. The Morgan fingerprint density at radius 3 is 1.79 bits per heavy atom. The highest BCUT2D eigenvalue weighted by atomic mass is 16.1. The Hall–Kier alpha value is -1.64. The lowest BCUT2D eigenvalue weighted by molar-refractivity contribution is -0.115. The van der Waals surface area contributed by atoms with E-state index in [0.29, 0.717) is 0 Å². The molecule has 0 fully saturated rings. The van der Waals surface area contributed by atoms with Crippen LogP contribution in [0.1, 0.15) is 20.8 Å². The molecule has 0 bridgehead atoms. The van der Waals surface area contributed by atoms with Crippen molar-refractivity contribution in [2.75, 3.05) is 5.32 Å². The third-order valence-electron chi connectivity index (χ3n) is 1.09. The van der Waals surface area contributed by atoms with Gasteiger partial charge in [-0.1, -0.05) is 18.2 Å². The fourth-order valence-electron chi connectivity index (χ4n) is 0.725. The first-order chi connectivity index (χ1) is 6.52. The molecule has 1 amide bonds. The summed E-state index contributed by atoms with van der Waals surface area (Å²) in [5.41, 5.74) is 0.843. The molecule has 0 aromatic heterocycles. The minimum absolute atomic E-state index is 0.0359. The van der Waals surface area contributed by atoms with Crippen molar-refractivity contribution in [3.8, 4) is 0 Å². The minimum Gasteiger partial charge on any atom is -0.326 e. The normalized spacial score (nSPS) is 8.21. The van der Waals surface area contributed by atoms with Crippen molar-refractivity contribution in [3.05, 3.63) is 30.3 Å². The van der Waals surface area contributed by atoms with Gasteiger partial charge in [0.15, 0.2) is 0 Å². The van der Waals surface area contributed by atoms with Gasteiger partial charge in [-0.25, -0.2) is 0 Å². The summed E-state index contributed by atoms with van der Waals surface area (Å²) in [6.07, 6.45) is 0. The van der Waals surface area contributed by atoms with Crippen LogP contribution in [0.15, 0.2) is 30.3 Å². The second-order valence-electron chi connectivity index (χ2n) is 2.96. The Morgan fingerprint density at radius 2 is 1.43 bits per heavy atom. The number of ketones is 1. The number of amides is 1. The van der Waals surface area contributed by atoms with Gasteiger partial charge >= 0.3 is 0 Å². The standard InChI is InChI=1S/C8H9NO.C3H6O/c1-7(10)9-8-5-3-2-4-6-8;1-3(2)4/h2-6H,1H3,(H,9,10);1-2H3. The molecule has 0 aliphatic rings. The Morgan fingerprint density at radius 1 is 1.00 bits per heavy atom. The summed E-state index contributed by atoms with van der Waals surface area (Å²) in [6, 6.07) is 9.37. The summed E-state index contributed by atoms with van der Waals surface area (Å²) >= 11 is 0. The maximum Gasteiger partial charge on any atom is 0.221 e. The van der Waals surface area contributed by atoms with Gasteiger partial charge in [-0.2, -0.15) is 0 Å². The molecule has 3 nitrogen and oxygen atoms in total. The minimum atomic E-state index is -0.0359. The fourth-order valence-corrected chi connectivity index (χ4v) is 0.725. The zero-order valence-corrected chi connectivity index (χ0v) is 8.70. The second-order valence-corrected chi connectivity index (χ2v) is 2.96.